The van der Waals surface area contributed by atoms with Crippen molar-refractivity contribution in [3.05, 3.63) is 36.5 Å². The maximum Gasteiger partial charge on any atom is 0.269 e. The van der Waals surface area contributed by atoms with E-state index < -0.39 is 12.5 Å². The third-order valence-electron chi connectivity index (χ3n) is 4.12. The van der Waals surface area contributed by atoms with Crippen molar-refractivity contribution in [2.75, 3.05) is 13.8 Å². The van der Waals surface area contributed by atoms with Crippen LogP contribution in [0.25, 0.3) is 27.7 Å². The smallest absolute Gasteiger partial charge is 0.269 e. The summed E-state index contributed by atoms with van der Waals surface area (Å²) >= 11 is 0. The zero-order chi connectivity index (χ0) is 18.3. The fourth-order valence-corrected chi connectivity index (χ4v) is 2.97. The van der Waals surface area contributed by atoms with E-state index in [1.807, 2.05) is 0 Å². The van der Waals surface area contributed by atoms with Crippen molar-refractivity contribution >= 4 is 29.2 Å². The molecule has 1 aromatic carbocycles. The van der Waals surface area contributed by atoms with Crippen molar-refractivity contribution in [2.45, 2.75) is 6.54 Å². The Labute approximate surface area is 146 Å². The molecule has 9 heteroatoms. The molecule has 0 saturated heterocycles. The van der Waals surface area contributed by atoms with Crippen LogP contribution in [0, 0.1) is 5.82 Å². The first kappa shape index (κ1) is 16.1. The zero-order valence-electron chi connectivity index (χ0n) is 13.9. The average Bonchev–Trinajstić information content (AvgIpc) is 3.26. The summed E-state index contributed by atoms with van der Waals surface area (Å²) in [6, 6.07) is 4.91. The molecule has 0 atom stereocenters. The van der Waals surface area contributed by atoms with Gasteiger partial charge in [0.2, 0.25) is 5.88 Å². The minimum atomic E-state index is -0.564. The Bertz CT molecular complexity index is 1130. The number of imidazole rings is 1. The summed E-state index contributed by atoms with van der Waals surface area (Å²) in [7, 11) is 1.48. The molecule has 3 heterocycles. The average molecular weight is 356 g/mol. The van der Waals surface area contributed by atoms with Gasteiger partial charge in [0, 0.05) is 11.8 Å². The largest absolute Gasteiger partial charge is 0.479 e. The van der Waals surface area contributed by atoms with Crippen LogP contribution in [0.1, 0.15) is 0 Å². The van der Waals surface area contributed by atoms with Gasteiger partial charge in [-0.25, -0.2) is 23.3 Å². The number of aromatic nitrogens is 5. The second-order valence-electron chi connectivity index (χ2n) is 5.55. The molecular formula is C17H14F2N6O. The number of hydrogen-bond acceptors (Lipinski definition) is 5. The molecule has 0 aliphatic rings. The first-order valence-electron chi connectivity index (χ1n) is 7.77. The summed E-state index contributed by atoms with van der Waals surface area (Å²) in [5.41, 5.74) is 2.54. The monoisotopic (exact) mass is 356 g/mol. The predicted molar refractivity (Wildman–Crippen MR) is 93.4 cm³/mol. The number of aliphatic imine (C=N–C) groups is 1. The number of benzene rings is 1. The van der Waals surface area contributed by atoms with Crippen LogP contribution in [0.3, 0.4) is 0 Å². The first-order valence-corrected chi connectivity index (χ1v) is 7.77. The van der Waals surface area contributed by atoms with Crippen molar-refractivity contribution in [2.24, 2.45) is 4.99 Å². The molecule has 132 valence electrons. The normalized spacial score (nSPS) is 11.3. The maximum atomic E-state index is 14.5. The van der Waals surface area contributed by atoms with Crippen molar-refractivity contribution in [1.29, 1.82) is 0 Å². The van der Waals surface area contributed by atoms with Gasteiger partial charge in [0.1, 0.15) is 17.7 Å². The van der Waals surface area contributed by atoms with Crippen LogP contribution in [0.15, 0.2) is 35.7 Å². The van der Waals surface area contributed by atoms with Gasteiger partial charge in [0.25, 0.3) is 5.95 Å². The van der Waals surface area contributed by atoms with E-state index in [4.69, 9.17) is 4.74 Å². The fourth-order valence-electron chi connectivity index (χ4n) is 2.97. The van der Waals surface area contributed by atoms with Crippen molar-refractivity contribution in [1.82, 2.24) is 24.1 Å². The quantitative estimate of drug-likeness (QED) is 0.515. The van der Waals surface area contributed by atoms with Gasteiger partial charge >= 0.3 is 0 Å². The molecule has 0 amide bonds. The topological polar surface area (TPSA) is 69.6 Å². The van der Waals surface area contributed by atoms with E-state index in [2.05, 4.69) is 26.8 Å². The molecule has 0 bridgehead atoms. The second-order valence-corrected chi connectivity index (χ2v) is 5.55. The van der Waals surface area contributed by atoms with E-state index in [1.54, 1.807) is 27.4 Å². The number of aryl methyl sites for hydroxylation is 1. The van der Waals surface area contributed by atoms with Gasteiger partial charge in [-0.3, -0.25) is 0 Å². The van der Waals surface area contributed by atoms with Crippen molar-refractivity contribution < 1.29 is 13.5 Å². The van der Waals surface area contributed by atoms with Gasteiger partial charge < -0.3 is 9.30 Å². The number of fused-ring (bicyclic) bond motifs is 2. The van der Waals surface area contributed by atoms with Gasteiger partial charge in [-0.15, -0.1) is 5.10 Å². The van der Waals surface area contributed by atoms with E-state index in [9.17, 15) is 8.78 Å². The SMILES string of the molecule is C=Nc1nc(OC)c2c(-c3cc(F)c4ncn(CCF)c4c3)ccn2n1. The molecule has 0 radical (unpaired) electrons. The number of ether oxygens (including phenoxy) is 1. The van der Waals surface area contributed by atoms with Gasteiger partial charge in [0.05, 0.1) is 25.5 Å². The number of alkyl halides is 1. The predicted octanol–water partition coefficient (Wildman–Crippen LogP) is 3.20. The third kappa shape index (κ3) is 2.40. The van der Waals surface area contributed by atoms with E-state index in [1.165, 1.54) is 19.5 Å². The van der Waals surface area contributed by atoms with Crippen LogP contribution in [-0.2, 0) is 6.54 Å². The fraction of sp³-hybridized carbons (Fsp3) is 0.176. The highest BCUT2D eigenvalue weighted by Crippen LogP contribution is 2.34. The molecule has 0 spiro atoms. The molecule has 0 aliphatic heterocycles. The lowest BCUT2D eigenvalue weighted by atomic mass is 10.1. The summed E-state index contributed by atoms with van der Waals surface area (Å²) in [4.78, 5) is 11.9. The summed E-state index contributed by atoms with van der Waals surface area (Å²) < 4.78 is 35.7. The highest BCUT2D eigenvalue weighted by molar-refractivity contribution is 5.90. The van der Waals surface area contributed by atoms with Crippen LogP contribution in [0.4, 0.5) is 14.7 Å². The highest BCUT2D eigenvalue weighted by Gasteiger charge is 2.17. The van der Waals surface area contributed by atoms with Gasteiger partial charge in [-0.05, 0) is 30.5 Å². The minimum Gasteiger partial charge on any atom is -0.479 e. The Morgan fingerprint density at radius 1 is 1.35 bits per heavy atom. The van der Waals surface area contributed by atoms with E-state index >= 15 is 0 Å². The summed E-state index contributed by atoms with van der Waals surface area (Å²) in [6.45, 7) is 2.96. The number of rotatable bonds is 5. The molecule has 0 aliphatic carbocycles. The van der Waals surface area contributed by atoms with Gasteiger partial charge in [0.15, 0.2) is 5.82 Å². The molecule has 0 saturated carbocycles. The Kier molecular flexibility index (Phi) is 3.83. The van der Waals surface area contributed by atoms with E-state index in [-0.39, 0.29) is 18.0 Å². The molecular weight excluding hydrogens is 342 g/mol. The summed E-state index contributed by atoms with van der Waals surface area (Å²) in [5, 5.41) is 4.21. The molecule has 26 heavy (non-hydrogen) atoms. The molecule has 0 fully saturated rings. The first-order chi connectivity index (χ1) is 12.7. The number of nitrogens with zero attached hydrogens (tertiary/aromatic N) is 6. The lowest BCUT2D eigenvalue weighted by Crippen LogP contribution is -1.99. The molecule has 4 rings (SSSR count). The minimum absolute atomic E-state index is 0.108. The Hall–Kier alpha value is -3.36. The summed E-state index contributed by atoms with van der Waals surface area (Å²) in [6.07, 6.45) is 3.13. The van der Waals surface area contributed by atoms with E-state index in [0.29, 0.717) is 28.0 Å². The van der Waals surface area contributed by atoms with E-state index in [0.717, 1.165) is 0 Å². The number of hydrogen-bond donors (Lipinski definition) is 0. The molecule has 0 unspecified atom stereocenters. The van der Waals surface area contributed by atoms with Crippen LogP contribution in [0.5, 0.6) is 5.88 Å². The summed E-state index contributed by atoms with van der Waals surface area (Å²) in [5.74, 6) is -0.0296. The van der Waals surface area contributed by atoms with Gasteiger partial charge in [-0.2, -0.15) is 4.98 Å². The van der Waals surface area contributed by atoms with Crippen LogP contribution < -0.4 is 4.74 Å². The Morgan fingerprint density at radius 2 is 2.19 bits per heavy atom. The standard InChI is InChI=1S/C17H14F2N6O/c1-20-17-22-16(26-2)15-11(3-5-25(15)23-17)10-7-12(19)14-13(8-10)24(6-4-18)9-21-14/h3,5,7-9H,1,4,6H2,2H3. The lowest BCUT2D eigenvalue weighted by Gasteiger charge is -2.07. The van der Waals surface area contributed by atoms with Gasteiger partial charge in [-0.1, -0.05) is 0 Å². The molecule has 4 aromatic rings. The molecule has 3 aromatic heterocycles. The second kappa shape index (κ2) is 6.17. The maximum absolute atomic E-state index is 14.5. The third-order valence-corrected chi connectivity index (χ3v) is 4.12. The Morgan fingerprint density at radius 3 is 2.92 bits per heavy atom. The van der Waals surface area contributed by atoms with Crippen molar-refractivity contribution in [3.63, 3.8) is 0 Å². The molecule has 0 N–H and O–H groups in total. The Balaban J connectivity index is 1.98. The number of methoxy groups -OCH3 is 1. The van der Waals surface area contributed by atoms with Crippen molar-refractivity contribution in [3.8, 4) is 17.0 Å². The van der Waals surface area contributed by atoms with Crippen LogP contribution in [-0.4, -0.2) is 44.7 Å². The zero-order valence-corrected chi connectivity index (χ0v) is 13.9. The highest BCUT2D eigenvalue weighted by atomic mass is 19.1. The molecule has 7 nitrogen and oxygen atoms in total. The lowest BCUT2D eigenvalue weighted by molar-refractivity contribution is 0.400. The van der Waals surface area contributed by atoms with Crippen LogP contribution >= 0.6 is 0 Å². The number of halogens is 2. The van der Waals surface area contributed by atoms with Crippen LogP contribution in [0.2, 0.25) is 0 Å².